The summed E-state index contributed by atoms with van der Waals surface area (Å²) < 4.78 is 38.6. The van der Waals surface area contributed by atoms with E-state index in [-0.39, 0.29) is 42.6 Å². The number of hydrogen-bond acceptors (Lipinski definition) is 4. The second-order valence-corrected chi connectivity index (χ2v) is 3.15. The van der Waals surface area contributed by atoms with Gasteiger partial charge >= 0.3 is 37.7 Å². The molecule has 0 bridgehead atoms. The molecule has 0 heterocycles. The van der Waals surface area contributed by atoms with Gasteiger partial charge in [-0.3, -0.25) is 0 Å². The first-order chi connectivity index (χ1) is 5.61. The van der Waals surface area contributed by atoms with Crippen molar-refractivity contribution in [3.63, 3.8) is 0 Å². The Balaban J connectivity index is 0. The van der Waals surface area contributed by atoms with Crippen LogP contribution in [-0.2, 0) is 10.1 Å². The van der Waals surface area contributed by atoms with E-state index in [0.717, 1.165) is 0 Å². The topological polar surface area (TPSA) is 80.3 Å². The molecule has 0 aliphatic heterocycles. The van der Waals surface area contributed by atoms with Crippen LogP contribution in [0.4, 0.5) is 0 Å². The van der Waals surface area contributed by atoms with Gasteiger partial charge in [0.25, 0.3) is 0 Å². The predicted octanol–water partition coefficient (Wildman–Crippen LogP) is -0.290. The number of rotatable bonds is 1. The fourth-order valence-electron chi connectivity index (χ4n) is 0.587. The molecule has 0 unspecified atom stereocenters. The summed E-state index contributed by atoms with van der Waals surface area (Å²) in [7, 11) is -4.25. The molecule has 0 atom stereocenters. The van der Waals surface area contributed by atoms with E-state index in [1.807, 2.05) is 0 Å². The third-order valence-corrected chi connectivity index (χ3v) is 1.88. The van der Waals surface area contributed by atoms with Gasteiger partial charge in [-0.1, -0.05) is 18.2 Å². The van der Waals surface area contributed by atoms with Gasteiger partial charge in [-0.05, 0) is 12.1 Å². The second kappa shape index (κ2) is 7.99. The van der Waals surface area contributed by atoms with Crippen molar-refractivity contribution in [1.29, 1.82) is 0 Å². The Hall–Kier alpha value is 0.640. The number of halogens is 1. The van der Waals surface area contributed by atoms with E-state index in [4.69, 9.17) is 4.66 Å². The average molecular weight is 249 g/mol. The zero-order valence-corrected chi connectivity index (χ0v) is 10.3. The molecule has 0 saturated heterocycles. The van der Waals surface area contributed by atoms with E-state index >= 15 is 0 Å². The largest absolute Gasteiger partial charge is 2.00 e. The Bertz CT molecular complexity index is 313. The summed E-state index contributed by atoms with van der Waals surface area (Å²) in [6, 6.07) is 7.19. The normalized spacial score (nSPS) is 9.15. The summed E-state index contributed by atoms with van der Waals surface area (Å²) in [5.74, 6) is 0. The number of hydrogen-bond donors (Lipinski definition) is 0. The summed E-state index contributed by atoms with van der Waals surface area (Å²) in [5.41, 5.74) is 0. The molecular weight excluding hydrogens is 244 g/mol. The molecule has 0 amide bonds. The Morgan fingerprint density at radius 1 is 1.08 bits per heavy atom. The fourth-order valence-corrected chi connectivity index (χ4v) is 1.08. The van der Waals surface area contributed by atoms with Crippen molar-refractivity contribution in [3.05, 3.63) is 30.3 Å². The third-order valence-electron chi connectivity index (χ3n) is 1.03. The maximum atomic E-state index is 10.3. The average Bonchev–Trinajstić information content (AvgIpc) is 2.08. The van der Waals surface area contributed by atoms with Crippen molar-refractivity contribution in [2.45, 2.75) is 4.90 Å². The van der Waals surface area contributed by atoms with E-state index in [1.165, 1.54) is 24.3 Å². The van der Waals surface area contributed by atoms with Crippen LogP contribution in [0.3, 0.4) is 0 Å². The van der Waals surface area contributed by atoms with E-state index < -0.39 is 10.1 Å². The van der Waals surface area contributed by atoms with Crippen LogP contribution in [-0.4, -0.2) is 50.7 Å². The first-order valence-corrected chi connectivity index (χ1v) is 4.49. The molecule has 0 aliphatic carbocycles. The van der Waals surface area contributed by atoms with Crippen molar-refractivity contribution < 1.29 is 17.6 Å². The fraction of sp³-hybridized carbons (Fsp3) is 0. The van der Waals surface area contributed by atoms with E-state index in [2.05, 4.69) is 11.9 Å². The minimum atomic E-state index is -4.25. The molecule has 0 aliphatic rings. The maximum Gasteiger partial charge on any atom is 2.00 e. The Labute approximate surface area is 111 Å². The molecule has 0 radical (unpaired) electrons. The van der Waals surface area contributed by atoms with Crippen LogP contribution in [0, 0.1) is 0 Å². The molecule has 1 aromatic rings. The van der Waals surface area contributed by atoms with Gasteiger partial charge in [0.2, 0.25) is 0 Å². The number of benzene rings is 1. The summed E-state index contributed by atoms with van der Waals surface area (Å²) in [5, 5.41) is 0. The van der Waals surface area contributed by atoms with Crippen LogP contribution in [0.2, 0.25) is 0 Å². The van der Waals surface area contributed by atoms with Crippen LogP contribution in [0.15, 0.2) is 35.2 Å². The third kappa shape index (κ3) is 6.68. The zero-order chi connectivity index (χ0) is 9.61. The molecular formula is C6H5CaClO4S. The molecule has 0 spiro atoms. The van der Waals surface area contributed by atoms with Gasteiger partial charge in [-0.15, -0.1) is 0 Å². The summed E-state index contributed by atoms with van der Waals surface area (Å²) in [4.78, 5) is -0.185. The van der Waals surface area contributed by atoms with Gasteiger partial charge in [0.05, 0.1) is 4.90 Å². The minimum absolute atomic E-state index is 0. The van der Waals surface area contributed by atoms with E-state index in [0.29, 0.717) is 0 Å². The molecule has 68 valence electrons. The summed E-state index contributed by atoms with van der Waals surface area (Å²) in [6.45, 7) is 0. The molecule has 13 heavy (non-hydrogen) atoms. The summed E-state index contributed by atoms with van der Waals surface area (Å²) >= 11 is 3.39. The van der Waals surface area contributed by atoms with Gasteiger partial charge in [-0.25, -0.2) is 20.3 Å². The molecule has 0 saturated carbocycles. The molecule has 7 heteroatoms. The quantitative estimate of drug-likeness (QED) is 0.505. The van der Waals surface area contributed by atoms with Gasteiger partial charge in [0, 0.05) is 0 Å². The van der Waals surface area contributed by atoms with Gasteiger partial charge in [0.1, 0.15) is 10.1 Å². The Kier molecular flexibility index (Phi) is 9.89. The second-order valence-electron chi connectivity index (χ2n) is 1.77. The SMILES string of the molecule is O=S(=O)([O-])c1ccccc1.[Ca+2].[O-]Cl. The van der Waals surface area contributed by atoms with Crippen molar-refractivity contribution >= 4 is 59.7 Å². The first-order valence-electron chi connectivity index (χ1n) is 2.77. The molecule has 0 N–H and O–H groups in total. The minimum Gasteiger partial charge on any atom is -0.769 e. The van der Waals surface area contributed by atoms with Gasteiger partial charge in [0.15, 0.2) is 0 Å². The monoisotopic (exact) mass is 248 g/mol. The Morgan fingerprint density at radius 2 is 1.46 bits per heavy atom. The van der Waals surface area contributed by atoms with Crippen molar-refractivity contribution in [2.24, 2.45) is 0 Å². The van der Waals surface area contributed by atoms with Crippen LogP contribution >= 0.6 is 11.9 Å². The summed E-state index contributed by atoms with van der Waals surface area (Å²) in [6.07, 6.45) is 0. The predicted molar refractivity (Wildman–Crippen MR) is 46.0 cm³/mol. The van der Waals surface area contributed by atoms with Crippen molar-refractivity contribution in [1.82, 2.24) is 0 Å². The smallest absolute Gasteiger partial charge is 0.769 e. The first kappa shape index (κ1) is 16.1. The molecule has 1 rings (SSSR count). The van der Waals surface area contributed by atoms with Gasteiger partial charge < -0.3 is 9.21 Å². The van der Waals surface area contributed by atoms with Crippen molar-refractivity contribution in [3.8, 4) is 0 Å². The van der Waals surface area contributed by atoms with Crippen LogP contribution in [0.1, 0.15) is 0 Å². The van der Waals surface area contributed by atoms with Gasteiger partial charge in [-0.2, -0.15) is 0 Å². The maximum absolute atomic E-state index is 10.3. The molecule has 0 aromatic heterocycles. The molecule has 1 aromatic carbocycles. The Morgan fingerprint density at radius 3 is 1.69 bits per heavy atom. The molecule has 0 fully saturated rings. The zero-order valence-electron chi connectivity index (χ0n) is 6.51. The standard InChI is InChI=1S/C6H6O3S.Ca.ClO/c7-10(8,9)6-4-2-1-3-5-6;;1-2/h1-5H,(H,7,8,9);;/q;+2;-1/p-1. The van der Waals surface area contributed by atoms with E-state index in [1.54, 1.807) is 6.07 Å². The van der Waals surface area contributed by atoms with Crippen LogP contribution < -0.4 is 4.66 Å². The van der Waals surface area contributed by atoms with Crippen molar-refractivity contribution in [2.75, 3.05) is 0 Å². The molecule has 4 nitrogen and oxygen atoms in total. The van der Waals surface area contributed by atoms with E-state index in [9.17, 15) is 13.0 Å². The van der Waals surface area contributed by atoms with Crippen LogP contribution in [0.25, 0.3) is 0 Å². The van der Waals surface area contributed by atoms with Crippen LogP contribution in [0.5, 0.6) is 0 Å².